The topological polar surface area (TPSA) is 100 Å². The van der Waals surface area contributed by atoms with E-state index in [4.69, 9.17) is 14.6 Å². The lowest BCUT2D eigenvalue weighted by Crippen LogP contribution is -2.48. The van der Waals surface area contributed by atoms with Crippen LogP contribution in [0.1, 0.15) is 19.8 Å². The van der Waals surface area contributed by atoms with Crippen LogP contribution in [0.2, 0.25) is 0 Å². The normalized spacial score (nSPS) is 18.0. The molecule has 8 heteroatoms. The van der Waals surface area contributed by atoms with Gasteiger partial charge in [0.05, 0.1) is 32.9 Å². The molecule has 1 saturated heterocycles. The molecule has 0 spiro atoms. The van der Waals surface area contributed by atoms with E-state index in [9.17, 15) is 9.59 Å². The molecule has 2 rings (SSSR count). The first-order chi connectivity index (χ1) is 12.0. The molecule has 0 aromatic heterocycles. The minimum atomic E-state index is -0.382. The number of urea groups is 1. The Kier molecular flexibility index (Phi) is 6.46. The third kappa shape index (κ3) is 4.54. The van der Waals surface area contributed by atoms with Gasteiger partial charge in [-0.2, -0.15) is 0 Å². The Balaban J connectivity index is 2.01. The molecule has 1 heterocycles. The maximum Gasteiger partial charge on any atom is 0.315 e. The summed E-state index contributed by atoms with van der Waals surface area (Å²) in [5.41, 5.74) is 0.689. The van der Waals surface area contributed by atoms with Crippen molar-refractivity contribution < 1.29 is 24.2 Å². The molecule has 1 aromatic carbocycles. The molecule has 0 radical (unpaired) electrons. The number of hydrogen-bond acceptors (Lipinski definition) is 5. The van der Waals surface area contributed by atoms with Crippen molar-refractivity contribution in [1.29, 1.82) is 0 Å². The summed E-state index contributed by atoms with van der Waals surface area (Å²) < 4.78 is 10.5. The van der Waals surface area contributed by atoms with Crippen LogP contribution in [0.5, 0.6) is 11.5 Å². The molecule has 1 aliphatic heterocycles. The molecular weight excluding hydrogens is 326 g/mol. The van der Waals surface area contributed by atoms with E-state index in [0.29, 0.717) is 30.2 Å². The fourth-order valence-electron chi connectivity index (χ4n) is 2.74. The number of methoxy groups -OCH3 is 2. The van der Waals surface area contributed by atoms with Crippen molar-refractivity contribution in [1.82, 2.24) is 10.6 Å². The lowest BCUT2D eigenvalue weighted by atomic mass is 10.2. The van der Waals surface area contributed by atoms with Crippen LogP contribution in [0.3, 0.4) is 0 Å². The highest BCUT2D eigenvalue weighted by molar-refractivity contribution is 5.97. The van der Waals surface area contributed by atoms with Gasteiger partial charge in [-0.15, -0.1) is 0 Å². The number of amides is 3. The van der Waals surface area contributed by atoms with Crippen molar-refractivity contribution in [3.63, 3.8) is 0 Å². The number of aliphatic hydroxyl groups is 1. The molecule has 2 atom stereocenters. The van der Waals surface area contributed by atoms with Crippen molar-refractivity contribution in [2.45, 2.75) is 31.8 Å². The highest BCUT2D eigenvalue weighted by Crippen LogP contribution is 2.33. The van der Waals surface area contributed by atoms with Gasteiger partial charge in [0.25, 0.3) is 0 Å². The zero-order valence-corrected chi connectivity index (χ0v) is 14.7. The second kappa shape index (κ2) is 8.57. The summed E-state index contributed by atoms with van der Waals surface area (Å²) in [7, 11) is 3.08. The molecule has 0 bridgehead atoms. The Hall–Kier alpha value is -2.48. The molecule has 138 valence electrons. The van der Waals surface area contributed by atoms with Gasteiger partial charge in [0.15, 0.2) is 11.5 Å². The highest BCUT2D eigenvalue weighted by Gasteiger charge is 2.32. The second-order valence-electron chi connectivity index (χ2n) is 5.85. The Morgan fingerprint density at radius 3 is 2.68 bits per heavy atom. The number of carbonyl (C=O) groups excluding carboxylic acids is 2. The SMILES string of the molecule is CC[C@H](CO)NC(=O)N[C@H]1CC(=O)N(c2ccc(OC)c(OC)c2)C1. The molecule has 1 aliphatic rings. The van der Waals surface area contributed by atoms with Crippen LogP contribution in [0, 0.1) is 0 Å². The van der Waals surface area contributed by atoms with Gasteiger partial charge in [-0.1, -0.05) is 6.92 Å². The average molecular weight is 351 g/mol. The van der Waals surface area contributed by atoms with Crippen molar-refractivity contribution in [2.75, 3.05) is 32.3 Å². The predicted octanol–water partition coefficient (Wildman–Crippen LogP) is 0.879. The third-order valence-electron chi connectivity index (χ3n) is 4.19. The molecule has 0 saturated carbocycles. The quantitative estimate of drug-likeness (QED) is 0.677. The zero-order chi connectivity index (χ0) is 18.4. The van der Waals surface area contributed by atoms with Crippen LogP contribution in [-0.4, -0.2) is 56.5 Å². The van der Waals surface area contributed by atoms with Crippen LogP contribution in [-0.2, 0) is 4.79 Å². The summed E-state index contributed by atoms with van der Waals surface area (Å²) in [5, 5.41) is 14.6. The summed E-state index contributed by atoms with van der Waals surface area (Å²) in [6.07, 6.45) is 0.850. The highest BCUT2D eigenvalue weighted by atomic mass is 16.5. The first-order valence-corrected chi connectivity index (χ1v) is 8.22. The third-order valence-corrected chi connectivity index (χ3v) is 4.19. The Morgan fingerprint density at radius 2 is 2.08 bits per heavy atom. The molecule has 0 aliphatic carbocycles. The number of aliphatic hydroxyl groups excluding tert-OH is 1. The zero-order valence-electron chi connectivity index (χ0n) is 14.7. The van der Waals surface area contributed by atoms with Gasteiger partial charge in [-0.05, 0) is 18.6 Å². The van der Waals surface area contributed by atoms with E-state index in [0.717, 1.165) is 0 Å². The van der Waals surface area contributed by atoms with Gasteiger partial charge in [0.2, 0.25) is 5.91 Å². The van der Waals surface area contributed by atoms with Crippen LogP contribution in [0.15, 0.2) is 18.2 Å². The van der Waals surface area contributed by atoms with Crippen LogP contribution in [0.25, 0.3) is 0 Å². The Bertz CT molecular complexity index is 618. The standard InChI is InChI=1S/C17H25N3O5/c1-4-11(10-21)18-17(23)19-12-7-16(22)20(9-12)13-5-6-14(24-2)15(8-13)25-3/h5-6,8,11-12,21H,4,7,9-10H2,1-3H3,(H2,18,19,23)/t11-,12+/m1/s1. The maximum atomic E-state index is 12.3. The number of anilines is 1. The fourth-order valence-corrected chi connectivity index (χ4v) is 2.74. The summed E-state index contributed by atoms with van der Waals surface area (Å²) >= 11 is 0. The molecule has 1 fully saturated rings. The van der Waals surface area contributed by atoms with Crippen LogP contribution in [0.4, 0.5) is 10.5 Å². The number of carbonyl (C=O) groups is 2. The summed E-state index contributed by atoms with van der Waals surface area (Å²) in [5.74, 6) is 1.05. The second-order valence-corrected chi connectivity index (χ2v) is 5.85. The van der Waals surface area contributed by atoms with Crippen molar-refractivity contribution in [3.05, 3.63) is 18.2 Å². The molecular formula is C17H25N3O5. The number of hydrogen-bond donors (Lipinski definition) is 3. The number of benzene rings is 1. The lowest BCUT2D eigenvalue weighted by molar-refractivity contribution is -0.117. The van der Waals surface area contributed by atoms with Gasteiger partial charge < -0.3 is 30.1 Å². The van der Waals surface area contributed by atoms with Crippen molar-refractivity contribution >= 4 is 17.6 Å². The van der Waals surface area contributed by atoms with Gasteiger partial charge in [0, 0.05) is 24.7 Å². The van der Waals surface area contributed by atoms with Gasteiger partial charge >= 0.3 is 6.03 Å². The Labute approximate surface area is 147 Å². The monoisotopic (exact) mass is 351 g/mol. The maximum absolute atomic E-state index is 12.3. The lowest BCUT2D eigenvalue weighted by Gasteiger charge is -2.20. The first-order valence-electron chi connectivity index (χ1n) is 8.22. The number of rotatable bonds is 7. The molecule has 3 N–H and O–H groups in total. The van der Waals surface area contributed by atoms with Gasteiger partial charge in [-0.25, -0.2) is 4.79 Å². The summed E-state index contributed by atoms with van der Waals surface area (Å²) in [6, 6.07) is 4.28. The van der Waals surface area contributed by atoms with Crippen LogP contribution < -0.4 is 25.0 Å². The van der Waals surface area contributed by atoms with Gasteiger partial charge in [-0.3, -0.25) is 4.79 Å². The van der Waals surface area contributed by atoms with E-state index in [2.05, 4.69) is 10.6 Å². The number of ether oxygens (including phenoxy) is 2. The van der Waals surface area contributed by atoms with E-state index in [1.54, 1.807) is 30.2 Å². The molecule has 1 aromatic rings. The van der Waals surface area contributed by atoms with E-state index in [1.807, 2.05) is 6.92 Å². The smallest absolute Gasteiger partial charge is 0.315 e. The van der Waals surface area contributed by atoms with Crippen molar-refractivity contribution in [2.24, 2.45) is 0 Å². The largest absolute Gasteiger partial charge is 0.493 e. The van der Waals surface area contributed by atoms with E-state index in [-0.39, 0.29) is 37.0 Å². The van der Waals surface area contributed by atoms with E-state index in [1.165, 1.54) is 7.11 Å². The van der Waals surface area contributed by atoms with Gasteiger partial charge in [0.1, 0.15) is 0 Å². The minimum absolute atomic E-state index is 0.0771. The van der Waals surface area contributed by atoms with Crippen LogP contribution >= 0.6 is 0 Å². The molecule has 8 nitrogen and oxygen atoms in total. The average Bonchev–Trinajstić information content (AvgIpc) is 2.98. The summed E-state index contributed by atoms with van der Waals surface area (Å²) in [4.78, 5) is 25.9. The molecule has 0 unspecified atom stereocenters. The number of nitrogens with zero attached hydrogens (tertiary/aromatic N) is 1. The van der Waals surface area contributed by atoms with Crippen molar-refractivity contribution in [3.8, 4) is 11.5 Å². The summed E-state index contributed by atoms with van der Waals surface area (Å²) in [6.45, 7) is 2.13. The van der Waals surface area contributed by atoms with E-state index >= 15 is 0 Å². The Morgan fingerprint density at radius 1 is 1.36 bits per heavy atom. The van der Waals surface area contributed by atoms with E-state index < -0.39 is 0 Å². The minimum Gasteiger partial charge on any atom is -0.493 e. The molecule has 25 heavy (non-hydrogen) atoms. The predicted molar refractivity (Wildman–Crippen MR) is 93.1 cm³/mol. The number of nitrogens with one attached hydrogen (secondary N) is 2. The first kappa shape index (κ1) is 18.9. The fraction of sp³-hybridized carbons (Fsp3) is 0.529. The molecule has 3 amide bonds.